The maximum Gasteiger partial charge on any atom is 0.162 e. The van der Waals surface area contributed by atoms with Crippen LogP contribution in [0.4, 0.5) is 5.69 Å². The summed E-state index contributed by atoms with van der Waals surface area (Å²) >= 11 is 12.2. The molecule has 0 aliphatic carbocycles. The van der Waals surface area contributed by atoms with Crippen molar-refractivity contribution in [3.63, 3.8) is 0 Å². The minimum Gasteiger partial charge on any atom is -0.490 e. The third-order valence-corrected chi connectivity index (χ3v) is 3.64. The van der Waals surface area contributed by atoms with Gasteiger partial charge in [0.1, 0.15) is 0 Å². The highest BCUT2D eigenvalue weighted by atomic mass is 35.5. The number of nitrogens with one attached hydrogen (secondary N) is 1. The topological polar surface area (TPSA) is 30.5 Å². The van der Waals surface area contributed by atoms with Crippen molar-refractivity contribution in [1.29, 1.82) is 0 Å². The van der Waals surface area contributed by atoms with Crippen molar-refractivity contribution in [1.82, 2.24) is 0 Å². The van der Waals surface area contributed by atoms with Crippen LogP contribution in [-0.4, -0.2) is 13.2 Å². The van der Waals surface area contributed by atoms with Gasteiger partial charge in [0.15, 0.2) is 11.5 Å². The molecule has 118 valence electrons. The van der Waals surface area contributed by atoms with Gasteiger partial charge in [0.25, 0.3) is 0 Å². The molecule has 0 fully saturated rings. The fraction of sp³-hybridized carbons (Fsp3) is 0.294. The Morgan fingerprint density at radius 1 is 0.909 bits per heavy atom. The van der Waals surface area contributed by atoms with Gasteiger partial charge in [-0.3, -0.25) is 0 Å². The lowest BCUT2D eigenvalue weighted by molar-refractivity contribution is 0.287. The Morgan fingerprint density at radius 2 is 1.50 bits per heavy atom. The zero-order chi connectivity index (χ0) is 15.9. The number of ether oxygens (including phenoxy) is 2. The summed E-state index contributed by atoms with van der Waals surface area (Å²) in [6, 6.07) is 11.3. The van der Waals surface area contributed by atoms with Gasteiger partial charge < -0.3 is 14.8 Å². The summed E-state index contributed by atoms with van der Waals surface area (Å²) in [6.07, 6.45) is 0. The van der Waals surface area contributed by atoms with E-state index in [1.165, 1.54) is 0 Å². The van der Waals surface area contributed by atoms with Gasteiger partial charge in [-0.05, 0) is 49.7 Å². The molecule has 5 heteroatoms. The van der Waals surface area contributed by atoms with Crippen molar-refractivity contribution < 1.29 is 9.47 Å². The molecular formula is C17H19Cl2NO2. The van der Waals surface area contributed by atoms with Crippen LogP contribution in [0.5, 0.6) is 11.5 Å². The molecule has 0 bridgehead atoms. The van der Waals surface area contributed by atoms with Crippen molar-refractivity contribution in [2.24, 2.45) is 0 Å². The second-order valence-electron chi connectivity index (χ2n) is 4.62. The van der Waals surface area contributed by atoms with Gasteiger partial charge >= 0.3 is 0 Å². The average Bonchev–Trinajstić information content (AvgIpc) is 2.50. The summed E-state index contributed by atoms with van der Waals surface area (Å²) in [4.78, 5) is 0. The van der Waals surface area contributed by atoms with E-state index in [0.29, 0.717) is 41.3 Å². The normalized spacial score (nSPS) is 10.4. The average molecular weight is 340 g/mol. The van der Waals surface area contributed by atoms with Crippen LogP contribution in [0.15, 0.2) is 36.4 Å². The Hall–Kier alpha value is -1.58. The number of halogens is 2. The molecule has 0 unspecified atom stereocenters. The molecule has 22 heavy (non-hydrogen) atoms. The van der Waals surface area contributed by atoms with Crippen molar-refractivity contribution in [2.75, 3.05) is 18.5 Å². The van der Waals surface area contributed by atoms with E-state index in [1.54, 1.807) is 6.07 Å². The molecule has 0 aromatic heterocycles. The van der Waals surface area contributed by atoms with Gasteiger partial charge in [0.05, 0.1) is 13.2 Å². The van der Waals surface area contributed by atoms with Crippen LogP contribution in [0.25, 0.3) is 0 Å². The largest absolute Gasteiger partial charge is 0.490 e. The lowest BCUT2D eigenvalue weighted by Gasteiger charge is -2.15. The Kier molecular flexibility index (Phi) is 6.22. The van der Waals surface area contributed by atoms with Crippen molar-refractivity contribution in [3.8, 4) is 11.5 Å². The molecule has 0 saturated carbocycles. The smallest absolute Gasteiger partial charge is 0.162 e. The molecular weight excluding hydrogens is 321 g/mol. The van der Waals surface area contributed by atoms with E-state index < -0.39 is 0 Å². The number of anilines is 1. The van der Waals surface area contributed by atoms with E-state index in [0.717, 1.165) is 11.3 Å². The van der Waals surface area contributed by atoms with Crippen LogP contribution in [0.1, 0.15) is 19.4 Å². The number of benzene rings is 2. The Labute approximate surface area is 141 Å². The van der Waals surface area contributed by atoms with E-state index in [1.807, 2.05) is 44.2 Å². The van der Waals surface area contributed by atoms with Crippen LogP contribution >= 0.6 is 23.2 Å². The maximum absolute atomic E-state index is 6.33. The Bertz CT molecular complexity index is 615. The minimum atomic E-state index is 0.568. The van der Waals surface area contributed by atoms with E-state index in [9.17, 15) is 0 Å². The standard InChI is InChI=1S/C17H19Cl2NO2/c1-3-21-16-9-12(15(19)10-17(16)22-4-2)11-20-14-7-5-13(18)6-8-14/h5-10,20H,3-4,11H2,1-2H3. The fourth-order valence-corrected chi connectivity index (χ4v) is 2.36. The number of hydrogen-bond acceptors (Lipinski definition) is 3. The Morgan fingerprint density at radius 3 is 2.09 bits per heavy atom. The van der Waals surface area contributed by atoms with E-state index in [2.05, 4.69) is 5.32 Å². The second-order valence-corrected chi connectivity index (χ2v) is 5.46. The van der Waals surface area contributed by atoms with Gasteiger partial charge in [0.2, 0.25) is 0 Å². The van der Waals surface area contributed by atoms with Crippen LogP contribution in [0, 0.1) is 0 Å². The van der Waals surface area contributed by atoms with Crippen molar-refractivity contribution >= 4 is 28.9 Å². The summed E-state index contributed by atoms with van der Waals surface area (Å²) < 4.78 is 11.2. The van der Waals surface area contributed by atoms with Crippen molar-refractivity contribution in [2.45, 2.75) is 20.4 Å². The molecule has 2 rings (SSSR count). The molecule has 0 saturated heterocycles. The van der Waals surface area contributed by atoms with Gasteiger partial charge in [-0.1, -0.05) is 23.2 Å². The fourth-order valence-electron chi connectivity index (χ4n) is 2.01. The molecule has 3 nitrogen and oxygen atoms in total. The first-order valence-electron chi connectivity index (χ1n) is 7.21. The Balaban J connectivity index is 2.15. The molecule has 0 atom stereocenters. The van der Waals surface area contributed by atoms with Crippen LogP contribution in [0.2, 0.25) is 10.0 Å². The van der Waals surface area contributed by atoms with E-state index in [-0.39, 0.29) is 0 Å². The number of hydrogen-bond donors (Lipinski definition) is 1. The third kappa shape index (κ3) is 4.46. The predicted molar refractivity (Wildman–Crippen MR) is 92.6 cm³/mol. The zero-order valence-electron chi connectivity index (χ0n) is 12.7. The van der Waals surface area contributed by atoms with Crippen LogP contribution in [0.3, 0.4) is 0 Å². The SMILES string of the molecule is CCOc1cc(Cl)c(CNc2ccc(Cl)cc2)cc1OCC. The lowest BCUT2D eigenvalue weighted by atomic mass is 10.2. The summed E-state index contributed by atoms with van der Waals surface area (Å²) in [5.74, 6) is 1.38. The third-order valence-electron chi connectivity index (χ3n) is 3.04. The summed E-state index contributed by atoms with van der Waals surface area (Å²) in [6.45, 7) is 5.60. The molecule has 0 aliphatic heterocycles. The lowest BCUT2D eigenvalue weighted by Crippen LogP contribution is -2.03. The quantitative estimate of drug-likeness (QED) is 0.732. The molecule has 2 aromatic carbocycles. The van der Waals surface area contributed by atoms with Gasteiger partial charge in [-0.15, -0.1) is 0 Å². The minimum absolute atomic E-state index is 0.568. The monoisotopic (exact) mass is 339 g/mol. The molecule has 0 radical (unpaired) electrons. The molecule has 0 amide bonds. The van der Waals surface area contributed by atoms with Crippen LogP contribution < -0.4 is 14.8 Å². The molecule has 0 heterocycles. The second kappa shape index (κ2) is 8.16. The maximum atomic E-state index is 6.33. The molecule has 2 aromatic rings. The summed E-state index contributed by atoms with van der Waals surface area (Å²) in [7, 11) is 0. The first-order chi connectivity index (χ1) is 10.6. The highest BCUT2D eigenvalue weighted by Gasteiger charge is 2.11. The molecule has 0 spiro atoms. The van der Waals surface area contributed by atoms with Gasteiger partial charge in [-0.2, -0.15) is 0 Å². The molecule has 0 aliphatic rings. The zero-order valence-corrected chi connectivity index (χ0v) is 14.2. The number of rotatable bonds is 7. The predicted octanol–water partition coefficient (Wildman–Crippen LogP) is 5.40. The first kappa shape index (κ1) is 16.8. The summed E-state index contributed by atoms with van der Waals surface area (Å²) in [5, 5.41) is 4.67. The highest BCUT2D eigenvalue weighted by Crippen LogP contribution is 2.34. The van der Waals surface area contributed by atoms with E-state index in [4.69, 9.17) is 32.7 Å². The van der Waals surface area contributed by atoms with Crippen LogP contribution in [-0.2, 0) is 6.54 Å². The van der Waals surface area contributed by atoms with E-state index >= 15 is 0 Å². The highest BCUT2D eigenvalue weighted by molar-refractivity contribution is 6.31. The molecule has 1 N–H and O–H groups in total. The first-order valence-corrected chi connectivity index (χ1v) is 7.97. The van der Waals surface area contributed by atoms with Gasteiger partial charge in [0, 0.05) is 28.3 Å². The van der Waals surface area contributed by atoms with Crippen molar-refractivity contribution in [3.05, 3.63) is 52.0 Å². The van der Waals surface area contributed by atoms with Gasteiger partial charge in [-0.25, -0.2) is 0 Å². The summed E-state index contributed by atoms with van der Waals surface area (Å²) in [5.41, 5.74) is 1.93.